The minimum Gasteiger partial charge on any atom is -0.457 e. The zero-order chi connectivity index (χ0) is 27.4. The molecule has 4 aromatic rings. The Balaban J connectivity index is 1.65. The summed E-state index contributed by atoms with van der Waals surface area (Å²) in [5.74, 6) is 0.830. The molecule has 2 heterocycles. The summed E-state index contributed by atoms with van der Waals surface area (Å²) >= 11 is 0. The molecule has 0 aliphatic carbocycles. The van der Waals surface area contributed by atoms with Gasteiger partial charge in [0.1, 0.15) is 35.0 Å². The summed E-state index contributed by atoms with van der Waals surface area (Å²) in [6, 6.07) is 17.6. The van der Waals surface area contributed by atoms with Gasteiger partial charge in [-0.05, 0) is 63.2 Å². The van der Waals surface area contributed by atoms with Gasteiger partial charge in [-0.1, -0.05) is 18.2 Å². The smallest absolute Gasteiger partial charge is 0.335 e. The number of imidazole rings is 1. The highest BCUT2D eigenvalue weighted by Gasteiger charge is 2.22. The maximum Gasteiger partial charge on any atom is 0.335 e. The van der Waals surface area contributed by atoms with Crippen molar-refractivity contribution in [1.29, 1.82) is 5.26 Å². The highest BCUT2D eigenvalue weighted by atomic mass is 16.5. The van der Waals surface area contributed by atoms with Crippen molar-refractivity contribution in [3.63, 3.8) is 0 Å². The summed E-state index contributed by atoms with van der Waals surface area (Å²) in [6.45, 7) is 5.15. The summed E-state index contributed by atoms with van der Waals surface area (Å²) in [4.78, 5) is 34.6. The Bertz CT molecular complexity index is 1590. The second kappa shape index (κ2) is 10.6. The highest BCUT2D eigenvalue weighted by Crippen LogP contribution is 2.25. The van der Waals surface area contributed by atoms with Gasteiger partial charge in [-0.3, -0.25) is 13.9 Å². The van der Waals surface area contributed by atoms with Gasteiger partial charge in [-0.25, -0.2) is 14.8 Å². The quantitative estimate of drug-likeness (QED) is 0.239. The van der Waals surface area contributed by atoms with Gasteiger partial charge in [0.15, 0.2) is 11.5 Å². The monoisotopic (exact) mass is 512 g/mol. The molecule has 0 fully saturated rings. The van der Waals surface area contributed by atoms with Crippen molar-refractivity contribution in [2.24, 2.45) is 5.73 Å². The van der Waals surface area contributed by atoms with Gasteiger partial charge in [-0.2, -0.15) is 5.26 Å². The van der Waals surface area contributed by atoms with Crippen molar-refractivity contribution in [2.75, 3.05) is 5.73 Å². The molecule has 2 aromatic heterocycles. The van der Waals surface area contributed by atoms with Crippen LogP contribution in [-0.4, -0.2) is 36.6 Å². The zero-order valence-corrected chi connectivity index (χ0v) is 21.3. The number of carbonyl (C=O) groups is 1. The van der Waals surface area contributed by atoms with E-state index in [-0.39, 0.29) is 17.9 Å². The molecule has 0 bridgehead atoms. The van der Waals surface area contributed by atoms with E-state index in [4.69, 9.17) is 16.2 Å². The van der Waals surface area contributed by atoms with Crippen LogP contribution < -0.4 is 27.2 Å². The summed E-state index contributed by atoms with van der Waals surface area (Å²) < 4.78 is 8.68. The van der Waals surface area contributed by atoms with Crippen LogP contribution in [0, 0.1) is 11.3 Å². The number of nitrogen functional groups attached to an aromatic ring is 1. The number of carbonyl (C=O) groups excluding carboxylic acids is 1. The van der Waals surface area contributed by atoms with Crippen LogP contribution in [-0.2, 0) is 11.3 Å². The molecule has 0 aliphatic rings. The number of ether oxygens (including phenoxy) is 1. The van der Waals surface area contributed by atoms with E-state index >= 15 is 0 Å². The molecule has 11 nitrogen and oxygen atoms in total. The van der Waals surface area contributed by atoms with Gasteiger partial charge in [0.05, 0.1) is 5.69 Å². The van der Waals surface area contributed by atoms with E-state index in [2.05, 4.69) is 15.3 Å². The number of nitrogens with two attached hydrogens (primary N) is 2. The van der Waals surface area contributed by atoms with Crippen molar-refractivity contribution in [3.8, 4) is 23.3 Å². The number of nitrogens with zero attached hydrogens (tertiary/aromatic N) is 5. The fraction of sp³-hybridized carbons (Fsp3) is 0.222. The van der Waals surface area contributed by atoms with E-state index in [1.807, 2.05) is 36.4 Å². The number of benzene rings is 2. The second-order valence-corrected chi connectivity index (χ2v) is 9.43. The van der Waals surface area contributed by atoms with Crippen LogP contribution >= 0.6 is 0 Å². The van der Waals surface area contributed by atoms with Crippen LogP contribution in [0.2, 0.25) is 0 Å². The summed E-state index contributed by atoms with van der Waals surface area (Å²) in [5, 5.41) is 12.1. The molecule has 0 saturated carbocycles. The number of hydrogen-bond acceptors (Lipinski definition) is 8. The number of anilines is 1. The van der Waals surface area contributed by atoms with E-state index < -0.39 is 23.2 Å². The first-order valence-corrected chi connectivity index (χ1v) is 11.8. The lowest BCUT2D eigenvalue weighted by molar-refractivity contribution is -0.117. The van der Waals surface area contributed by atoms with Crippen LogP contribution in [0.25, 0.3) is 16.9 Å². The van der Waals surface area contributed by atoms with Gasteiger partial charge in [-0.15, -0.1) is 0 Å². The van der Waals surface area contributed by atoms with E-state index in [9.17, 15) is 14.9 Å². The predicted octanol–water partition coefficient (Wildman–Crippen LogP) is 2.65. The Morgan fingerprint density at radius 3 is 2.45 bits per heavy atom. The van der Waals surface area contributed by atoms with Gasteiger partial charge < -0.3 is 21.5 Å². The zero-order valence-electron chi connectivity index (χ0n) is 21.3. The molecule has 0 radical (unpaired) electrons. The number of nitriles is 1. The minimum atomic E-state index is -0.841. The van der Waals surface area contributed by atoms with E-state index in [1.165, 1.54) is 21.5 Å². The maximum absolute atomic E-state index is 13.6. The molecule has 2 aromatic carbocycles. The molecule has 4 rings (SSSR count). The fourth-order valence-corrected chi connectivity index (χ4v) is 3.94. The molecule has 1 amide bonds. The van der Waals surface area contributed by atoms with Gasteiger partial charge in [0.2, 0.25) is 0 Å². The van der Waals surface area contributed by atoms with E-state index in [0.717, 1.165) is 0 Å². The molecule has 1 atom stereocenters. The number of para-hydroxylation sites is 1. The third kappa shape index (κ3) is 5.71. The number of amides is 1. The fourth-order valence-electron chi connectivity index (χ4n) is 3.94. The number of hydrogen-bond donors (Lipinski definition) is 3. The largest absolute Gasteiger partial charge is 0.457 e. The highest BCUT2D eigenvalue weighted by molar-refractivity contribution is 5.97. The normalized spacial score (nSPS) is 12.7. The number of aromatic nitrogens is 4. The number of fused-ring (bicyclic) bond motifs is 1. The van der Waals surface area contributed by atoms with Crippen LogP contribution in [0.15, 0.2) is 77.4 Å². The van der Waals surface area contributed by atoms with Crippen molar-refractivity contribution >= 4 is 22.9 Å². The second-order valence-electron chi connectivity index (χ2n) is 9.43. The minimum absolute atomic E-state index is 0.0739. The van der Waals surface area contributed by atoms with E-state index in [0.29, 0.717) is 28.4 Å². The maximum atomic E-state index is 13.6. The molecule has 5 N–H and O–H groups in total. The van der Waals surface area contributed by atoms with Crippen LogP contribution in [0.4, 0.5) is 5.82 Å². The summed E-state index contributed by atoms with van der Waals surface area (Å²) in [5.41, 5.74) is 11.9. The van der Waals surface area contributed by atoms with Crippen LogP contribution in [0.3, 0.4) is 0 Å². The molecular formula is C27H28N8O3. The first-order chi connectivity index (χ1) is 18.1. The Labute approximate surface area is 219 Å². The third-order valence-corrected chi connectivity index (χ3v) is 5.52. The Morgan fingerprint density at radius 2 is 1.82 bits per heavy atom. The van der Waals surface area contributed by atoms with Gasteiger partial charge in [0, 0.05) is 18.1 Å². The average Bonchev–Trinajstić information content (AvgIpc) is 3.15. The molecule has 38 heavy (non-hydrogen) atoms. The van der Waals surface area contributed by atoms with Gasteiger partial charge in [0.25, 0.3) is 5.91 Å². The Morgan fingerprint density at radius 1 is 1.16 bits per heavy atom. The average molecular weight is 513 g/mol. The van der Waals surface area contributed by atoms with Crippen molar-refractivity contribution in [3.05, 3.63) is 83.1 Å². The lowest BCUT2D eigenvalue weighted by Crippen LogP contribution is -2.40. The Kier molecular flexibility index (Phi) is 7.27. The third-order valence-electron chi connectivity index (χ3n) is 5.52. The summed E-state index contributed by atoms with van der Waals surface area (Å²) in [7, 11) is 0. The molecule has 194 valence electrons. The molecule has 0 spiro atoms. The van der Waals surface area contributed by atoms with Crippen LogP contribution in [0.1, 0.15) is 20.8 Å². The first-order valence-electron chi connectivity index (χ1n) is 11.8. The lowest BCUT2D eigenvalue weighted by atomic mass is 10.0. The molecule has 0 saturated heterocycles. The molecule has 0 aliphatic heterocycles. The Hall–Kier alpha value is -4.95. The molecule has 0 unspecified atom stereocenters. The SMILES string of the molecule is C[C@@H](Cn1c(=O)n(-c2ccc(Oc3ccccc3)cc2)c2c(N)ncnc21)NC(=O)C(C#N)=CC(C)(C)N. The first kappa shape index (κ1) is 26.1. The summed E-state index contributed by atoms with van der Waals surface area (Å²) in [6.07, 6.45) is 2.67. The van der Waals surface area contributed by atoms with Crippen molar-refractivity contribution in [1.82, 2.24) is 24.4 Å². The molecule has 11 heteroatoms. The number of rotatable bonds is 8. The van der Waals surface area contributed by atoms with Crippen molar-refractivity contribution in [2.45, 2.75) is 38.9 Å². The topological polar surface area (TPSA) is 167 Å². The van der Waals surface area contributed by atoms with Crippen LogP contribution in [0.5, 0.6) is 11.5 Å². The standard InChI is InChI=1S/C27H28N8O3/c1-17(33-25(36)18(14-28)13-27(2,3)30)15-34-24-22(23(29)31-16-32-24)35(26(34)37)19-9-11-21(12-10-19)38-20-7-5-4-6-8-20/h4-13,16-17H,15,30H2,1-3H3,(H,33,36)(H2,29,31,32)/t17-/m0/s1. The number of nitrogens with one attached hydrogen (secondary N) is 1. The van der Waals surface area contributed by atoms with Crippen molar-refractivity contribution < 1.29 is 9.53 Å². The predicted molar refractivity (Wildman–Crippen MR) is 144 cm³/mol. The molecular weight excluding hydrogens is 484 g/mol. The lowest BCUT2D eigenvalue weighted by Gasteiger charge is -2.16. The van der Waals surface area contributed by atoms with Gasteiger partial charge >= 0.3 is 5.69 Å². The van der Waals surface area contributed by atoms with E-state index in [1.54, 1.807) is 45.0 Å².